The minimum atomic E-state index is -0.518. The fraction of sp³-hybridized carbons (Fsp3) is 0.240. The first-order valence-electron chi connectivity index (χ1n) is 11.1. The van der Waals surface area contributed by atoms with Gasteiger partial charge in [0.15, 0.2) is 11.5 Å². The van der Waals surface area contributed by atoms with Crippen LogP contribution in [0.5, 0.6) is 11.5 Å². The Morgan fingerprint density at radius 3 is 2.77 bits per heavy atom. The van der Waals surface area contributed by atoms with E-state index in [1.165, 1.54) is 36.7 Å². The van der Waals surface area contributed by atoms with Gasteiger partial charge in [-0.1, -0.05) is 30.3 Å². The summed E-state index contributed by atoms with van der Waals surface area (Å²) in [6.07, 6.45) is 6.60. The van der Waals surface area contributed by atoms with Crippen molar-refractivity contribution in [3.8, 4) is 11.5 Å². The second kappa shape index (κ2) is 9.67. The molecule has 0 aliphatic heterocycles. The SMILES string of the molecule is COc1cc(/C=N\n2cnc3sc4c(c3c2=O)CCCC4)c([N+](=O)[O-])cc1OCc1ccccc1. The van der Waals surface area contributed by atoms with Gasteiger partial charge >= 0.3 is 0 Å². The largest absolute Gasteiger partial charge is 0.493 e. The van der Waals surface area contributed by atoms with E-state index in [1.54, 1.807) is 11.3 Å². The highest BCUT2D eigenvalue weighted by Gasteiger charge is 2.21. The number of hydrogen-bond acceptors (Lipinski definition) is 8. The first-order chi connectivity index (χ1) is 17.0. The summed E-state index contributed by atoms with van der Waals surface area (Å²) in [5.41, 5.74) is 1.67. The van der Waals surface area contributed by atoms with E-state index in [2.05, 4.69) is 10.1 Å². The Hall–Kier alpha value is -4.05. The molecule has 0 N–H and O–H groups in total. The zero-order chi connectivity index (χ0) is 24.4. The number of nitro benzene ring substituents is 1. The van der Waals surface area contributed by atoms with Crippen LogP contribution in [0.25, 0.3) is 10.2 Å². The van der Waals surface area contributed by atoms with E-state index >= 15 is 0 Å². The van der Waals surface area contributed by atoms with Crippen LogP contribution in [0.4, 0.5) is 5.69 Å². The monoisotopic (exact) mass is 490 g/mol. The van der Waals surface area contributed by atoms with Gasteiger partial charge in [-0.3, -0.25) is 14.9 Å². The summed E-state index contributed by atoms with van der Waals surface area (Å²) in [5.74, 6) is 0.561. The molecule has 1 aliphatic rings. The maximum absolute atomic E-state index is 13.1. The van der Waals surface area contributed by atoms with Crippen LogP contribution < -0.4 is 15.0 Å². The molecule has 5 rings (SSSR count). The van der Waals surface area contributed by atoms with Gasteiger partial charge < -0.3 is 9.47 Å². The third-order valence-electron chi connectivity index (χ3n) is 5.93. The molecule has 0 unspecified atom stereocenters. The molecule has 35 heavy (non-hydrogen) atoms. The highest BCUT2D eigenvalue weighted by Crippen LogP contribution is 2.35. The number of thiophene rings is 1. The van der Waals surface area contributed by atoms with Crippen molar-refractivity contribution in [1.29, 1.82) is 0 Å². The number of ether oxygens (including phenoxy) is 2. The number of rotatable bonds is 7. The Bertz CT molecular complexity index is 1490. The first-order valence-corrected chi connectivity index (χ1v) is 12.0. The smallest absolute Gasteiger partial charge is 0.282 e. The number of hydrogen-bond donors (Lipinski definition) is 0. The third-order valence-corrected chi connectivity index (χ3v) is 7.13. The number of nitrogens with zero attached hydrogens (tertiary/aromatic N) is 4. The van der Waals surface area contributed by atoms with Gasteiger partial charge in [-0.25, -0.2) is 4.98 Å². The zero-order valence-corrected chi connectivity index (χ0v) is 19.8. The highest BCUT2D eigenvalue weighted by molar-refractivity contribution is 7.18. The number of benzene rings is 2. The lowest BCUT2D eigenvalue weighted by molar-refractivity contribution is -0.385. The Labute approximate surface area is 204 Å². The van der Waals surface area contributed by atoms with Crippen molar-refractivity contribution in [1.82, 2.24) is 9.66 Å². The standard InChI is InChI=1S/C25H22N4O5S/c1-33-20-11-17(19(29(31)32)12-21(20)34-14-16-7-3-2-4-8-16)13-27-28-15-26-24-23(25(28)30)18-9-5-6-10-22(18)35-24/h2-4,7-8,11-13,15H,5-6,9-10,14H2,1H3/b27-13-. The van der Waals surface area contributed by atoms with Crippen molar-refractivity contribution in [2.75, 3.05) is 7.11 Å². The summed E-state index contributed by atoms with van der Waals surface area (Å²) in [6, 6.07) is 12.3. The average molecular weight is 491 g/mol. The Morgan fingerprint density at radius 1 is 1.20 bits per heavy atom. The van der Waals surface area contributed by atoms with E-state index in [4.69, 9.17) is 9.47 Å². The van der Waals surface area contributed by atoms with Crippen LogP contribution in [0, 0.1) is 10.1 Å². The molecule has 0 spiro atoms. The van der Waals surface area contributed by atoms with Crippen molar-refractivity contribution in [2.24, 2.45) is 5.10 Å². The molecule has 0 fully saturated rings. The number of methoxy groups -OCH3 is 1. The summed E-state index contributed by atoms with van der Waals surface area (Å²) in [6.45, 7) is 0.230. The molecule has 0 bridgehead atoms. The van der Waals surface area contributed by atoms with E-state index in [0.29, 0.717) is 16.0 Å². The van der Waals surface area contributed by atoms with E-state index in [0.717, 1.165) is 41.5 Å². The van der Waals surface area contributed by atoms with Crippen LogP contribution in [-0.4, -0.2) is 27.9 Å². The normalized spacial score (nSPS) is 13.2. The second-order valence-corrected chi connectivity index (χ2v) is 9.21. The molecule has 2 aromatic heterocycles. The fourth-order valence-electron chi connectivity index (χ4n) is 4.18. The van der Waals surface area contributed by atoms with E-state index in [-0.39, 0.29) is 29.2 Å². The Morgan fingerprint density at radius 2 is 2.00 bits per heavy atom. The molecular weight excluding hydrogens is 468 g/mol. The van der Waals surface area contributed by atoms with Gasteiger partial charge in [-0.15, -0.1) is 11.3 Å². The van der Waals surface area contributed by atoms with Gasteiger partial charge in [0.1, 0.15) is 17.8 Å². The molecule has 0 saturated heterocycles. The van der Waals surface area contributed by atoms with Gasteiger partial charge in [0, 0.05) is 4.88 Å². The number of aryl methyl sites for hydroxylation is 2. The maximum Gasteiger partial charge on any atom is 0.282 e. The molecule has 2 heterocycles. The first kappa shape index (κ1) is 22.7. The molecule has 9 nitrogen and oxygen atoms in total. The maximum atomic E-state index is 13.1. The fourth-order valence-corrected chi connectivity index (χ4v) is 5.40. The molecule has 0 radical (unpaired) electrons. The molecule has 4 aromatic rings. The van der Waals surface area contributed by atoms with E-state index in [9.17, 15) is 14.9 Å². The minimum Gasteiger partial charge on any atom is -0.493 e. The molecule has 0 atom stereocenters. The van der Waals surface area contributed by atoms with Crippen LogP contribution >= 0.6 is 11.3 Å². The van der Waals surface area contributed by atoms with E-state index < -0.39 is 4.92 Å². The van der Waals surface area contributed by atoms with Crippen LogP contribution in [0.2, 0.25) is 0 Å². The zero-order valence-electron chi connectivity index (χ0n) is 19.0. The average Bonchev–Trinajstić information content (AvgIpc) is 3.27. The van der Waals surface area contributed by atoms with Gasteiger partial charge in [-0.05, 0) is 42.9 Å². The van der Waals surface area contributed by atoms with Crippen LogP contribution in [-0.2, 0) is 19.4 Å². The van der Waals surface area contributed by atoms with Crippen LogP contribution in [0.1, 0.15) is 34.4 Å². The summed E-state index contributed by atoms with van der Waals surface area (Å²) in [4.78, 5) is 30.7. The molecule has 2 aromatic carbocycles. The summed E-state index contributed by atoms with van der Waals surface area (Å²) in [5, 5.41) is 16.6. The number of nitro groups is 1. The lowest BCUT2D eigenvalue weighted by Gasteiger charge is -2.12. The van der Waals surface area contributed by atoms with Crippen molar-refractivity contribution in [3.05, 3.63) is 90.8 Å². The quantitative estimate of drug-likeness (QED) is 0.211. The van der Waals surface area contributed by atoms with Gasteiger partial charge in [0.25, 0.3) is 11.2 Å². The van der Waals surface area contributed by atoms with Crippen molar-refractivity contribution >= 4 is 33.5 Å². The Balaban J connectivity index is 1.49. The van der Waals surface area contributed by atoms with Crippen molar-refractivity contribution in [2.45, 2.75) is 32.3 Å². The molecule has 0 saturated carbocycles. The molecule has 0 amide bonds. The van der Waals surface area contributed by atoms with Crippen molar-refractivity contribution < 1.29 is 14.4 Å². The molecular formula is C25H22N4O5S. The molecule has 178 valence electrons. The lowest BCUT2D eigenvalue weighted by Crippen LogP contribution is -2.18. The highest BCUT2D eigenvalue weighted by atomic mass is 32.1. The van der Waals surface area contributed by atoms with Gasteiger partial charge in [0.05, 0.1) is 35.3 Å². The summed E-state index contributed by atoms with van der Waals surface area (Å²) < 4.78 is 12.3. The molecule has 1 aliphatic carbocycles. The predicted molar refractivity (Wildman–Crippen MR) is 134 cm³/mol. The topological polar surface area (TPSA) is 109 Å². The van der Waals surface area contributed by atoms with Gasteiger partial charge in [0.2, 0.25) is 0 Å². The predicted octanol–water partition coefficient (Wildman–Crippen LogP) is 4.71. The summed E-state index contributed by atoms with van der Waals surface area (Å²) >= 11 is 1.56. The summed E-state index contributed by atoms with van der Waals surface area (Å²) in [7, 11) is 1.46. The van der Waals surface area contributed by atoms with Crippen LogP contribution in [0.3, 0.4) is 0 Å². The van der Waals surface area contributed by atoms with E-state index in [1.807, 2.05) is 30.3 Å². The third kappa shape index (κ3) is 4.52. The second-order valence-electron chi connectivity index (χ2n) is 8.12. The van der Waals surface area contributed by atoms with Crippen molar-refractivity contribution in [3.63, 3.8) is 0 Å². The number of fused-ring (bicyclic) bond motifs is 3. The lowest BCUT2D eigenvalue weighted by atomic mass is 9.97. The number of aromatic nitrogens is 2. The Kier molecular flexibility index (Phi) is 6.28. The van der Waals surface area contributed by atoms with Crippen LogP contribution in [0.15, 0.2) is 58.7 Å². The van der Waals surface area contributed by atoms with Gasteiger partial charge in [-0.2, -0.15) is 9.78 Å². The minimum absolute atomic E-state index is 0.179. The molecule has 10 heteroatoms.